The highest BCUT2D eigenvalue weighted by Gasteiger charge is 2.40. The van der Waals surface area contributed by atoms with Crippen LogP contribution in [0.4, 0.5) is 0 Å². The zero-order valence-electron chi connectivity index (χ0n) is 23.9. The van der Waals surface area contributed by atoms with Gasteiger partial charge >= 0.3 is 0 Å². The van der Waals surface area contributed by atoms with E-state index in [2.05, 4.69) is 29.6 Å². The summed E-state index contributed by atoms with van der Waals surface area (Å²) < 4.78 is 11.1. The van der Waals surface area contributed by atoms with Gasteiger partial charge in [-0.15, -0.1) is 0 Å². The summed E-state index contributed by atoms with van der Waals surface area (Å²) in [6.45, 7) is 0.934. The number of benzene rings is 4. The lowest BCUT2D eigenvalue weighted by atomic mass is 9.96. The van der Waals surface area contributed by atoms with Crippen LogP contribution in [0, 0.1) is 0 Å². The zero-order chi connectivity index (χ0) is 29.3. The topological polar surface area (TPSA) is 93.9 Å². The molecule has 216 valence electrons. The highest BCUT2D eigenvalue weighted by molar-refractivity contribution is 5.97. The van der Waals surface area contributed by atoms with Crippen LogP contribution in [0.1, 0.15) is 30.4 Å². The lowest BCUT2D eigenvalue weighted by molar-refractivity contribution is -0.150. The number of hydrogen-bond donors (Lipinski definition) is 2. The molecule has 0 spiro atoms. The second-order valence-electron chi connectivity index (χ2n) is 10.5. The highest BCUT2D eigenvalue weighted by Crippen LogP contribution is 2.26. The predicted octanol–water partition coefficient (Wildman–Crippen LogP) is 5.72. The molecule has 0 aromatic heterocycles. The Morgan fingerprint density at radius 2 is 1.33 bits per heavy atom. The third-order valence-electron chi connectivity index (χ3n) is 7.58. The second-order valence-corrected chi connectivity index (χ2v) is 10.5. The molecule has 2 atom stereocenters. The largest absolute Gasteiger partial charge is 0.497 e. The van der Waals surface area contributed by atoms with E-state index in [1.165, 1.54) is 0 Å². The average Bonchev–Trinajstić information content (AvgIpc) is 3.03. The van der Waals surface area contributed by atoms with Crippen LogP contribution in [0.15, 0.2) is 103 Å². The van der Waals surface area contributed by atoms with Gasteiger partial charge in [0.05, 0.1) is 7.11 Å². The van der Waals surface area contributed by atoms with Crippen molar-refractivity contribution < 1.29 is 19.1 Å². The Kier molecular flexibility index (Phi) is 9.51. The molecule has 0 bridgehead atoms. The number of nitrogens with two attached hydrogens (primary N) is 1. The molecule has 5 rings (SSSR count). The van der Waals surface area contributed by atoms with E-state index in [-0.39, 0.29) is 11.8 Å². The maximum atomic E-state index is 13.8. The van der Waals surface area contributed by atoms with E-state index in [4.69, 9.17) is 15.2 Å². The number of ether oxygens (including phenoxy) is 2. The molecule has 7 nitrogen and oxygen atoms in total. The monoisotopic (exact) mass is 563 g/mol. The van der Waals surface area contributed by atoms with Crippen molar-refractivity contribution in [1.82, 2.24) is 10.2 Å². The van der Waals surface area contributed by atoms with Crippen LogP contribution in [0.3, 0.4) is 0 Å². The van der Waals surface area contributed by atoms with Gasteiger partial charge in [0, 0.05) is 13.0 Å². The highest BCUT2D eigenvalue weighted by atomic mass is 16.5. The maximum Gasteiger partial charge on any atom is 0.246 e. The van der Waals surface area contributed by atoms with E-state index in [1.807, 2.05) is 78.9 Å². The fourth-order valence-corrected chi connectivity index (χ4v) is 5.26. The first-order valence-corrected chi connectivity index (χ1v) is 14.4. The Labute approximate surface area is 247 Å². The molecule has 1 saturated heterocycles. The lowest BCUT2D eigenvalue weighted by Crippen LogP contribution is -2.63. The molecule has 2 amide bonds. The smallest absolute Gasteiger partial charge is 0.246 e. The number of nitrogens with one attached hydrogen (secondary N) is 1. The first-order valence-electron chi connectivity index (χ1n) is 14.4. The Bertz CT molecular complexity index is 1460. The zero-order valence-corrected chi connectivity index (χ0v) is 23.9. The van der Waals surface area contributed by atoms with Gasteiger partial charge in [0.15, 0.2) is 0 Å². The van der Waals surface area contributed by atoms with Gasteiger partial charge < -0.3 is 25.4 Å². The third kappa shape index (κ3) is 7.17. The quantitative estimate of drug-likeness (QED) is 0.215. The molecule has 0 aliphatic carbocycles. The molecule has 1 aliphatic heterocycles. The molecular formula is C35H37N3O4. The summed E-state index contributed by atoms with van der Waals surface area (Å²) in [7, 11) is 1.62. The van der Waals surface area contributed by atoms with Crippen molar-refractivity contribution in [1.29, 1.82) is 0 Å². The van der Waals surface area contributed by atoms with E-state index in [9.17, 15) is 9.59 Å². The van der Waals surface area contributed by atoms with Gasteiger partial charge in [-0.1, -0.05) is 66.7 Å². The van der Waals surface area contributed by atoms with Gasteiger partial charge in [0.1, 0.15) is 29.3 Å². The SMILES string of the molecule is COc1ccc(Oc2ccc(CC3NC(=O)C(CCCCN)N(Cc4ccc(-c5ccccc5)cc4)C3=O)cc2)cc1. The van der Waals surface area contributed by atoms with Crippen molar-refractivity contribution in [2.45, 2.75) is 44.3 Å². The Balaban J connectivity index is 1.28. The minimum absolute atomic E-state index is 0.0713. The molecule has 4 aromatic carbocycles. The Morgan fingerprint density at radius 1 is 0.738 bits per heavy atom. The summed E-state index contributed by atoms with van der Waals surface area (Å²) in [4.78, 5) is 28.9. The molecule has 42 heavy (non-hydrogen) atoms. The fourth-order valence-electron chi connectivity index (χ4n) is 5.26. The van der Waals surface area contributed by atoms with Crippen LogP contribution >= 0.6 is 0 Å². The van der Waals surface area contributed by atoms with Crippen LogP contribution < -0.4 is 20.5 Å². The van der Waals surface area contributed by atoms with E-state index < -0.39 is 12.1 Å². The molecule has 1 heterocycles. The number of hydrogen-bond acceptors (Lipinski definition) is 5. The molecule has 0 saturated carbocycles. The van der Waals surface area contributed by atoms with Crippen LogP contribution in [-0.4, -0.2) is 42.5 Å². The van der Waals surface area contributed by atoms with Gasteiger partial charge in [-0.2, -0.15) is 0 Å². The summed E-state index contributed by atoms with van der Waals surface area (Å²) in [5, 5.41) is 3.00. The number of nitrogens with zero attached hydrogens (tertiary/aromatic N) is 1. The number of amides is 2. The van der Waals surface area contributed by atoms with Crippen LogP contribution in [0.5, 0.6) is 17.2 Å². The first-order chi connectivity index (χ1) is 20.5. The van der Waals surface area contributed by atoms with Crippen LogP contribution in [-0.2, 0) is 22.6 Å². The summed E-state index contributed by atoms with van der Waals surface area (Å²) in [6, 6.07) is 32.2. The van der Waals surface area contributed by atoms with E-state index in [1.54, 1.807) is 12.0 Å². The fraction of sp³-hybridized carbons (Fsp3) is 0.257. The number of unbranched alkanes of at least 4 members (excludes halogenated alkanes) is 1. The summed E-state index contributed by atoms with van der Waals surface area (Å²) in [6.07, 6.45) is 2.57. The summed E-state index contributed by atoms with van der Waals surface area (Å²) >= 11 is 0. The first kappa shape index (κ1) is 28.9. The number of rotatable bonds is 12. The van der Waals surface area contributed by atoms with Gasteiger partial charge in [-0.3, -0.25) is 9.59 Å². The van der Waals surface area contributed by atoms with Gasteiger partial charge in [0.2, 0.25) is 11.8 Å². The van der Waals surface area contributed by atoms with E-state index in [0.717, 1.165) is 40.8 Å². The molecule has 1 aliphatic rings. The van der Waals surface area contributed by atoms with Gasteiger partial charge in [0.25, 0.3) is 0 Å². The molecule has 3 N–H and O–H groups in total. The normalized spacial score (nSPS) is 16.7. The number of piperazine rings is 1. The van der Waals surface area contributed by atoms with Crippen molar-refractivity contribution in [3.63, 3.8) is 0 Å². The Hall–Kier alpha value is -4.62. The van der Waals surface area contributed by atoms with Gasteiger partial charge in [-0.25, -0.2) is 0 Å². The molecular weight excluding hydrogens is 526 g/mol. The standard InChI is InChI=1S/C35H37N3O4/c1-41-29-18-20-31(21-19-29)42-30-16-12-25(13-17-30)23-32-35(40)38(33(34(39)37-32)9-5-6-22-36)24-26-10-14-28(15-11-26)27-7-3-2-4-8-27/h2-4,7-8,10-21,32-33H,5-6,9,22-24,36H2,1H3,(H,37,39). The molecule has 4 aromatic rings. The molecule has 0 radical (unpaired) electrons. The van der Waals surface area contributed by atoms with Crippen molar-refractivity contribution >= 4 is 11.8 Å². The predicted molar refractivity (Wildman–Crippen MR) is 164 cm³/mol. The van der Waals surface area contributed by atoms with E-state index in [0.29, 0.717) is 37.4 Å². The van der Waals surface area contributed by atoms with Crippen LogP contribution in [0.25, 0.3) is 11.1 Å². The number of methoxy groups -OCH3 is 1. The molecule has 2 unspecified atom stereocenters. The van der Waals surface area contributed by atoms with Crippen molar-refractivity contribution in [2.24, 2.45) is 5.73 Å². The summed E-state index contributed by atoms with van der Waals surface area (Å²) in [5.41, 5.74) is 9.87. The third-order valence-corrected chi connectivity index (χ3v) is 7.58. The molecule has 7 heteroatoms. The number of carbonyl (C=O) groups is 2. The van der Waals surface area contributed by atoms with Gasteiger partial charge in [-0.05, 0) is 84.5 Å². The van der Waals surface area contributed by atoms with Crippen LogP contribution in [0.2, 0.25) is 0 Å². The Morgan fingerprint density at radius 3 is 1.98 bits per heavy atom. The average molecular weight is 564 g/mol. The van der Waals surface area contributed by atoms with Crippen molar-refractivity contribution in [3.8, 4) is 28.4 Å². The van der Waals surface area contributed by atoms with E-state index >= 15 is 0 Å². The maximum absolute atomic E-state index is 13.8. The molecule has 1 fully saturated rings. The van der Waals surface area contributed by atoms with Crippen molar-refractivity contribution in [3.05, 3.63) is 114 Å². The summed E-state index contributed by atoms with van der Waals surface area (Å²) in [5.74, 6) is 1.96. The minimum Gasteiger partial charge on any atom is -0.497 e. The minimum atomic E-state index is -0.639. The number of carbonyl (C=O) groups excluding carboxylic acids is 2. The lowest BCUT2D eigenvalue weighted by Gasteiger charge is -2.39. The second kappa shape index (κ2) is 13.8. The van der Waals surface area contributed by atoms with Crippen molar-refractivity contribution in [2.75, 3.05) is 13.7 Å².